The molecule has 0 saturated heterocycles. The van der Waals surface area contributed by atoms with Crippen LogP contribution >= 0.6 is 11.3 Å². The quantitative estimate of drug-likeness (QED) is 0.234. The van der Waals surface area contributed by atoms with Crippen molar-refractivity contribution in [3.63, 3.8) is 0 Å². The summed E-state index contributed by atoms with van der Waals surface area (Å²) in [5.41, 5.74) is 6.11. The molecule has 1 atom stereocenters. The van der Waals surface area contributed by atoms with E-state index in [9.17, 15) is 9.59 Å². The fourth-order valence-corrected chi connectivity index (χ4v) is 5.75. The van der Waals surface area contributed by atoms with E-state index in [-0.39, 0.29) is 11.3 Å². The second kappa shape index (κ2) is 10.6. The van der Waals surface area contributed by atoms with Gasteiger partial charge >= 0.3 is 0 Å². The molecule has 4 aromatic rings. The lowest BCUT2D eigenvalue weighted by molar-refractivity contribution is 0.101. The van der Waals surface area contributed by atoms with Gasteiger partial charge < -0.3 is 4.74 Å². The Balaban J connectivity index is 1.64. The molecule has 0 amide bonds. The van der Waals surface area contributed by atoms with E-state index in [1.54, 1.807) is 16.7 Å². The van der Waals surface area contributed by atoms with Gasteiger partial charge in [-0.3, -0.25) is 14.2 Å². The average molecular weight is 521 g/mol. The molecule has 38 heavy (non-hydrogen) atoms. The van der Waals surface area contributed by atoms with Crippen molar-refractivity contribution in [2.45, 2.75) is 26.8 Å². The Morgan fingerprint density at radius 2 is 1.68 bits per heavy atom. The maximum Gasteiger partial charge on any atom is 0.271 e. The smallest absolute Gasteiger partial charge is 0.271 e. The third-order valence-corrected chi connectivity index (χ3v) is 7.57. The van der Waals surface area contributed by atoms with Crippen LogP contribution in [0.15, 0.2) is 112 Å². The minimum Gasteiger partial charge on any atom is -0.494 e. The van der Waals surface area contributed by atoms with Crippen molar-refractivity contribution in [1.82, 2.24) is 4.57 Å². The van der Waals surface area contributed by atoms with Crippen LogP contribution in [0.4, 0.5) is 0 Å². The highest BCUT2D eigenvalue weighted by Gasteiger charge is 2.30. The number of hydrogen-bond donors (Lipinski definition) is 0. The highest BCUT2D eigenvalue weighted by atomic mass is 32.1. The van der Waals surface area contributed by atoms with Crippen LogP contribution in [0.5, 0.6) is 0 Å². The standard InChI is InChI=1S/C32H28N2O3S/c1-5-37-22(4)29-20(2)33-32-34(30(29)27-17-15-26(16-18-27)25-9-7-6-8-10-25)31(36)28(38-32)19-23-11-13-24(14-12-23)21(3)35/h6-19,30H,4-5H2,1-3H3/b28-19-. The molecule has 0 aliphatic carbocycles. The maximum absolute atomic E-state index is 13.8. The number of ether oxygens (including phenoxy) is 1. The summed E-state index contributed by atoms with van der Waals surface area (Å²) in [6, 6.07) is 25.3. The van der Waals surface area contributed by atoms with Gasteiger partial charge in [-0.05, 0) is 49.1 Å². The summed E-state index contributed by atoms with van der Waals surface area (Å²) >= 11 is 1.35. The molecule has 0 saturated carbocycles. The molecule has 6 heteroatoms. The summed E-state index contributed by atoms with van der Waals surface area (Å²) in [5, 5.41) is 0. The number of ketones is 1. The van der Waals surface area contributed by atoms with Crippen LogP contribution in [0.2, 0.25) is 0 Å². The zero-order valence-corrected chi connectivity index (χ0v) is 22.4. The molecule has 5 rings (SSSR count). The Labute approximate surface area is 225 Å². The largest absolute Gasteiger partial charge is 0.494 e. The minimum atomic E-state index is -0.419. The Hall–Kier alpha value is -4.29. The molecule has 0 fully saturated rings. The van der Waals surface area contributed by atoms with E-state index in [0.29, 0.717) is 27.3 Å². The van der Waals surface area contributed by atoms with Crippen LogP contribution in [-0.4, -0.2) is 17.0 Å². The lowest BCUT2D eigenvalue weighted by Crippen LogP contribution is -2.38. The number of Topliss-reactive ketones (excluding diaryl/α,β-unsaturated/α-hetero) is 1. The molecule has 2 heterocycles. The first-order valence-electron chi connectivity index (χ1n) is 12.5. The van der Waals surface area contributed by atoms with Crippen molar-refractivity contribution < 1.29 is 9.53 Å². The van der Waals surface area contributed by atoms with Crippen LogP contribution in [-0.2, 0) is 4.74 Å². The van der Waals surface area contributed by atoms with E-state index in [0.717, 1.165) is 33.5 Å². The molecule has 1 aliphatic rings. The number of rotatable bonds is 7. The monoisotopic (exact) mass is 520 g/mol. The number of hydrogen-bond acceptors (Lipinski definition) is 5. The van der Waals surface area contributed by atoms with Gasteiger partial charge in [0.05, 0.1) is 17.2 Å². The molecule has 0 spiro atoms. The van der Waals surface area contributed by atoms with Crippen molar-refractivity contribution in [2.24, 2.45) is 4.99 Å². The van der Waals surface area contributed by atoms with Gasteiger partial charge in [0.25, 0.3) is 5.56 Å². The summed E-state index contributed by atoms with van der Waals surface area (Å²) in [4.78, 5) is 30.9. The van der Waals surface area contributed by atoms with Crippen LogP contribution < -0.4 is 14.9 Å². The fourth-order valence-electron chi connectivity index (χ4n) is 4.70. The molecule has 190 valence electrons. The second-order valence-corrected chi connectivity index (χ2v) is 10.1. The van der Waals surface area contributed by atoms with Crippen LogP contribution in [0.25, 0.3) is 17.2 Å². The highest BCUT2D eigenvalue weighted by Crippen LogP contribution is 2.35. The Kier molecular flexibility index (Phi) is 7.07. The maximum atomic E-state index is 13.8. The minimum absolute atomic E-state index is 0.00624. The van der Waals surface area contributed by atoms with E-state index in [2.05, 4.69) is 43.0 Å². The number of nitrogens with zero attached hydrogens (tertiary/aromatic N) is 2. The van der Waals surface area contributed by atoms with Gasteiger partial charge in [-0.2, -0.15) is 0 Å². The Morgan fingerprint density at radius 3 is 2.32 bits per heavy atom. The van der Waals surface area contributed by atoms with Crippen molar-refractivity contribution in [2.75, 3.05) is 6.61 Å². The zero-order valence-electron chi connectivity index (χ0n) is 21.6. The number of allylic oxidation sites excluding steroid dienone is 2. The molecule has 1 unspecified atom stereocenters. The summed E-state index contributed by atoms with van der Waals surface area (Å²) in [5.74, 6) is 0.520. The van der Waals surface area contributed by atoms with Gasteiger partial charge in [0.15, 0.2) is 10.6 Å². The first-order valence-corrected chi connectivity index (χ1v) is 13.3. The fraction of sp³-hybridized carbons (Fsp3) is 0.156. The predicted octanol–water partition coefficient (Wildman–Crippen LogP) is 5.66. The van der Waals surface area contributed by atoms with Gasteiger partial charge in [0.2, 0.25) is 0 Å². The van der Waals surface area contributed by atoms with Gasteiger partial charge in [-0.1, -0.05) is 96.8 Å². The molecule has 3 aromatic carbocycles. The first-order chi connectivity index (χ1) is 18.4. The van der Waals surface area contributed by atoms with Crippen LogP contribution in [0.1, 0.15) is 48.3 Å². The van der Waals surface area contributed by atoms with E-state index in [1.807, 2.05) is 50.3 Å². The first kappa shape index (κ1) is 25.4. The highest BCUT2D eigenvalue weighted by molar-refractivity contribution is 7.07. The molecular weight excluding hydrogens is 492 g/mol. The van der Waals surface area contributed by atoms with E-state index >= 15 is 0 Å². The number of fused-ring (bicyclic) bond motifs is 1. The van der Waals surface area contributed by atoms with E-state index in [4.69, 9.17) is 9.73 Å². The molecule has 1 aliphatic heterocycles. The van der Waals surface area contributed by atoms with Crippen molar-refractivity contribution in [3.8, 4) is 11.1 Å². The predicted molar refractivity (Wildman–Crippen MR) is 153 cm³/mol. The second-order valence-electron chi connectivity index (χ2n) is 9.10. The molecule has 5 nitrogen and oxygen atoms in total. The number of benzene rings is 3. The molecule has 0 N–H and O–H groups in total. The van der Waals surface area contributed by atoms with Crippen LogP contribution in [0.3, 0.4) is 0 Å². The SMILES string of the molecule is C=C(OCC)C1=C(C)N=c2s/c(=C\c3ccc(C(C)=O)cc3)c(=O)n2C1c1ccc(-c2ccccc2)cc1. The molecule has 0 radical (unpaired) electrons. The third-order valence-electron chi connectivity index (χ3n) is 6.59. The van der Waals surface area contributed by atoms with E-state index < -0.39 is 6.04 Å². The molecule has 1 aromatic heterocycles. The number of carbonyl (C=O) groups is 1. The van der Waals surface area contributed by atoms with E-state index in [1.165, 1.54) is 18.3 Å². The topological polar surface area (TPSA) is 60.7 Å². The van der Waals surface area contributed by atoms with Gasteiger partial charge in [-0.25, -0.2) is 4.99 Å². The van der Waals surface area contributed by atoms with Gasteiger partial charge in [-0.15, -0.1) is 0 Å². The summed E-state index contributed by atoms with van der Waals surface area (Å²) in [6.07, 6.45) is 1.85. The molecular formula is C32H28N2O3S. The lowest BCUT2D eigenvalue weighted by Gasteiger charge is -2.27. The Bertz CT molecular complexity index is 1730. The summed E-state index contributed by atoms with van der Waals surface area (Å²) < 4.78 is 8.14. The number of carbonyl (C=O) groups excluding carboxylic acids is 1. The number of aromatic nitrogens is 1. The zero-order chi connectivity index (χ0) is 26.8. The lowest BCUT2D eigenvalue weighted by atomic mass is 9.93. The van der Waals surface area contributed by atoms with Crippen LogP contribution in [0, 0.1) is 0 Å². The number of thiazole rings is 1. The van der Waals surface area contributed by atoms with Gasteiger partial charge in [0, 0.05) is 16.8 Å². The van der Waals surface area contributed by atoms with Crippen molar-refractivity contribution in [3.05, 3.63) is 139 Å². The third kappa shape index (κ3) is 4.83. The molecule has 0 bridgehead atoms. The van der Waals surface area contributed by atoms with Crippen molar-refractivity contribution >= 4 is 23.2 Å². The normalized spacial score (nSPS) is 15.1. The van der Waals surface area contributed by atoms with Gasteiger partial charge in [0.1, 0.15) is 5.76 Å². The Morgan fingerprint density at radius 1 is 1.03 bits per heavy atom. The summed E-state index contributed by atoms with van der Waals surface area (Å²) in [7, 11) is 0. The van der Waals surface area contributed by atoms with Crippen molar-refractivity contribution in [1.29, 1.82) is 0 Å². The average Bonchev–Trinajstić information content (AvgIpc) is 3.23. The summed E-state index contributed by atoms with van der Waals surface area (Å²) in [6.45, 7) is 10.0.